The van der Waals surface area contributed by atoms with Crippen LogP contribution in [0.4, 0.5) is 21.0 Å². The molecule has 2 N–H and O–H groups in total. The number of hydrogen-bond donors (Lipinski definition) is 3. The molecule has 2 amide bonds. The summed E-state index contributed by atoms with van der Waals surface area (Å²) in [6.07, 6.45) is 3.44. The van der Waals surface area contributed by atoms with Gasteiger partial charge >= 0.3 is 6.03 Å². The Bertz CT molecular complexity index is 1100. The van der Waals surface area contributed by atoms with E-state index in [2.05, 4.69) is 23.4 Å². The number of urea groups is 1. The lowest BCUT2D eigenvalue weighted by Crippen LogP contribution is -2.43. The van der Waals surface area contributed by atoms with E-state index in [9.17, 15) is 9.18 Å². The van der Waals surface area contributed by atoms with E-state index < -0.39 is 0 Å². The van der Waals surface area contributed by atoms with Crippen LogP contribution in [0.5, 0.6) is 0 Å². The number of halogens is 1. The molecule has 0 bridgehead atoms. The number of anilines is 2. The minimum absolute atomic E-state index is 0.0504. The van der Waals surface area contributed by atoms with Crippen molar-refractivity contribution in [3.63, 3.8) is 0 Å². The number of fused-ring (bicyclic) bond motifs is 1. The van der Waals surface area contributed by atoms with Crippen LogP contribution in [-0.2, 0) is 6.54 Å². The van der Waals surface area contributed by atoms with Gasteiger partial charge in [0.2, 0.25) is 5.95 Å². The highest BCUT2D eigenvalue weighted by Crippen LogP contribution is 2.28. The zero-order valence-corrected chi connectivity index (χ0v) is 19.7. The van der Waals surface area contributed by atoms with Gasteiger partial charge in [-0.25, -0.2) is 14.2 Å². The van der Waals surface area contributed by atoms with Gasteiger partial charge in [-0.3, -0.25) is 4.31 Å². The Morgan fingerprint density at radius 3 is 2.45 bits per heavy atom. The third-order valence-electron chi connectivity index (χ3n) is 5.95. The van der Waals surface area contributed by atoms with Crippen LogP contribution < -0.4 is 15.5 Å². The van der Waals surface area contributed by atoms with Crippen molar-refractivity contribution in [2.75, 3.05) is 24.3 Å². The molecule has 0 saturated heterocycles. The van der Waals surface area contributed by atoms with Gasteiger partial charge in [-0.2, -0.15) is 4.98 Å². The highest BCUT2D eigenvalue weighted by Gasteiger charge is 2.28. The van der Waals surface area contributed by atoms with Crippen LogP contribution in [0.15, 0.2) is 48.5 Å². The quantitative estimate of drug-likeness (QED) is 0.461. The van der Waals surface area contributed by atoms with Gasteiger partial charge in [-0.1, -0.05) is 37.1 Å². The predicted octanol–water partition coefficient (Wildman–Crippen LogP) is 4.61. The first-order valence-corrected chi connectivity index (χ1v) is 11.5. The third kappa shape index (κ3) is 5.65. The highest BCUT2D eigenvalue weighted by atomic mass is 32.1. The number of nitrogens with zero attached hydrogens (tertiary/aromatic N) is 4. The summed E-state index contributed by atoms with van der Waals surface area (Å²) in [7, 11) is 3.96. The Labute approximate surface area is 198 Å². The molecular weight excluding hydrogens is 439 g/mol. The lowest BCUT2D eigenvalue weighted by Gasteiger charge is -2.34. The Morgan fingerprint density at radius 2 is 1.76 bits per heavy atom. The first-order chi connectivity index (χ1) is 15.9. The van der Waals surface area contributed by atoms with E-state index in [1.54, 1.807) is 12.1 Å². The number of rotatable bonds is 6. The zero-order chi connectivity index (χ0) is 23.4. The standard InChI is InChI=1S/C24H29FN6OS/c1-30(2)22-20-5-3-4-6-21(20)28-23(29-22)27-18-11-13-19(14-12-18)31(33)24(32)26-15-16-7-9-17(25)10-8-16/h3-10,18-19,33H,11-15H2,1-2H3,(H,26,32)(H,27,28,29). The summed E-state index contributed by atoms with van der Waals surface area (Å²) in [5.74, 6) is 1.22. The third-order valence-corrected chi connectivity index (χ3v) is 6.46. The van der Waals surface area contributed by atoms with Gasteiger partial charge in [-0.05, 0) is 55.5 Å². The summed E-state index contributed by atoms with van der Waals surface area (Å²) in [6, 6.07) is 14.1. The Morgan fingerprint density at radius 1 is 1.06 bits per heavy atom. The van der Waals surface area contributed by atoms with Crippen LogP contribution in [0.3, 0.4) is 0 Å². The average Bonchev–Trinajstić information content (AvgIpc) is 2.83. The number of thiol groups is 1. The minimum Gasteiger partial charge on any atom is -0.362 e. The maximum absolute atomic E-state index is 13.0. The second kappa shape index (κ2) is 10.2. The van der Waals surface area contributed by atoms with E-state index >= 15 is 0 Å². The number of carbonyl (C=O) groups is 1. The van der Waals surface area contributed by atoms with Crippen molar-refractivity contribution in [2.45, 2.75) is 44.3 Å². The fourth-order valence-electron chi connectivity index (χ4n) is 4.14. The molecule has 1 aliphatic rings. The molecule has 1 fully saturated rings. The molecule has 1 aromatic heterocycles. The molecule has 9 heteroatoms. The highest BCUT2D eigenvalue weighted by molar-refractivity contribution is 7.78. The Hall–Kier alpha value is -3.07. The summed E-state index contributed by atoms with van der Waals surface area (Å²) < 4.78 is 14.5. The number of para-hydroxylation sites is 1. The van der Waals surface area contributed by atoms with Gasteiger partial charge in [0, 0.05) is 38.1 Å². The minimum atomic E-state index is -0.293. The van der Waals surface area contributed by atoms with E-state index in [0.29, 0.717) is 12.5 Å². The molecule has 174 valence electrons. The molecule has 0 aliphatic heterocycles. The normalized spacial score (nSPS) is 18.1. The molecule has 0 atom stereocenters. The topological polar surface area (TPSA) is 73.4 Å². The molecule has 0 spiro atoms. The van der Waals surface area contributed by atoms with Crippen LogP contribution in [0.2, 0.25) is 0 Å². The van der Waals surface area contributed by atoms with Crippen LogP contribution >= 0.6 is 12.8 Å². The van der Waals surface area contributed by atoms with Gasteiger partial charge in [0.15, 0.2) is 0 Å². The van der Waals surface area contributed by atoms with Crippen LogP contribution in [0.25, 0.3) is 10.9 Å². The molecule has 0 radical (unpaired) electrons. The smallest absolute Gasteiger partial charge is 0.327 e. The van der Waals surface area contributed by atoms with E-state index in [0.717, 1.165) is 48.0 Å². The number of benzene rings is 2. The maximum atomic E-state index is 13.0. The molecule has 0 unspecified atom stereocenters. The van der Waals surface area contributed by atoms with Crippen molar-refractivity contribution in [3.05, 3.63) is 59.9 Å². The van der Waals surface area contributed by atoms with Crippen LogP contribution in [0.1, 0.15) is 31.2 Å². The van der Waals surface area contributed by atoms with Crippen molar-refractivity contribution in [1.82, 2.24) is 19.6 Å². The van der Waals surface area contributed by atoms with Crippen molar-refractivity contribution in [3.8, 4) is 0 Å². The number of carbonyl (C=O) groups excluding carboxylic acids is 1. The van der Waals surface area contributed by atoms with Crippen LogP contribution in [-0.4, -0.2) is 46.5 Å². The fourth-order valence-corrected chi connectivity index (χ4v) is 4.44. The summed E-state index contributed by atoms with van der Waals surface area (Å²) in [4.78, 5) is 23.9. The van der Waals surface area contributed by atoms with E-state index in [1.165, 1.54) is 16.4 Å². The summed E-state index contributed by atoms with van der Waals surface area (Å²) in [6.45, 7) is 0.334. The second-order valence-corrected chi connectivity index (χ2v) is 8.99. The molecule has 1 aliphatic carbocycles. The molecule has 4 rings (SSSR count). The Kier molecular flexibility index (Phi) is 7.17. The molecule has 3 aromatic rings. The predicted molar refractivity (Wildman–Crippen MR) is 133 cm³/mol. The maximum Gasteiger partial charge on any atom is 0.327 e. The molecular formula is C24H29FN6OS. The van der Waals surface area contributed by atoms with Gasteiger partial charge < -0.3 is 15.5 Å². The fraction of sp³-hybridized carbons (Fsp3) is 0.375. The van der Waals surface area contributed by atoms with Crippen LogP contribution in [0, 0.1) is 5.82 Å². The van der Waals surface area contributed by atoms with E-state index in [4.69, 9.17) is 9.97 Å². The molecule has 1 heterocycles. The SMILES string of the molecule is CN(C)c1nc(NC2CCC(N(S)C(=O)NCc3ccc(F)cc3)CC2)nc2ccccc12. The number of nitrogens with one attached hydrogen (secondary N) is 2. The van der Waals surface area contributed by atoms with Gasteiger partial charge in [0.1, 0.15) is 11.6 Å². The number of amides is 2. The molecule has 7 nitrogen and oxygen atoms in total. The first-order valence-electron chi connectivity index (χ1n) is 11.1. The monoisotopic (exact) mass is 468 g/mol. The van der Waals surface area contributed by atoms with Crippen molar-refractivity contribution < 1.29 is 9.18 Å². The largest absolute Gasteiger partial charge is 0.362 e. The first kappa shape index (κ1) is 23.1. The molecule has 2 aromatic carbocycles. The van der Waals surface area contributed by atoms with Crippen molar-refractivity contribution in [2.24, 2.45) is 0 Å². The lowest BCUT2D eigenvalue weighted by molar-refractivity contribution is 0.204. The van der Waals surface area contributed by atoms with Crippen molar-refractivity contribution >= 4 is 41.5 Å². The van der Waals surface area contributed by atoms with Crippen molar-refractivity contribution in [1.29, 1.82) is 0 Å². The average molecular weight is 469 g/mol. The summed E-state index contributed by atoms with van der Waals surface area (Å²) >= 11 is 4.45. The van der Waals surface area contributed by atoms with E-state index in [-0.39, 0.29) is 23.9 Å². The van der Waals surface area contributed by atoms with Gasteiger partial charge in [0.05, 0.1) is 5.52 Å². The van der Waals surface area contributed by atoms with Gasteiger partial charge in [-0.15, -0.1) is 0 Å². The lowest BCUT2D eigenvalue weighted by atomic mass is 9.91. The molecule has 33 heavy (non-hydrogen) atoms. The van der Waals surface area contributed by atoms with Gasteiger partial charge in [0.25, 0.3) is 0 Å². The number of hydrogen-bond acceptors (Lipinski definition) is 6. The Balaban J connectivity index is 1.31. The zero-order valence-electron chi connectivity index (χ0n) is 18.8. The second-order valence-electron chi connectivity index (χ2n) is 8.56. The summed E-state index contributed by atoms with van der Waals surface area (Å²) in [5.41, 5.74) is 1.75. The summed E-state index contributed by atoms with van der Waals surface area (Å²) in [5, 5.41) is 7.36. The molecule has 1 saturated carbocycles. The number of aromatic nitrogens is 2. The van der Waals surface area contributed by atoms with E-state index in [1.807, 2.05) is 43.3 Å².